The second-order valence-electron chi connectivity index (χ2n) is 9.28. The number of quaternary nitrogens is 1. The average Bonchev–Trinajstić information content (AvgIpc) is 2.92. The molecule has 1 fully saturated rings. The predicted molar refractivity (Wildman–Crippen MR) is 150 cm³/mol. The molecule has 3 aromatic rings. The van der Waals surface area contributed by atoms with Crippen LogP contribution in [0.4, 0.5) is 0 Å². The molecule has 0 amide bonds. The Morgan fingerprint density at radius 3 is 2.05 bits per heavy atom. The minimum Gasteiger partial charge on any atom is -0.496 e. The lowest BCUT2D eigenvalue weighted by atomic mass is 10.1. The van der Waals surface area contributed by atoms with E-state index in [0.29, 0.717) is 37.6 Å². The van der Waals surface area contributed by atoms with Crippen molar-refractivity contribution < 1.29 is 23.2 Å². The van der Waals surface area contributed by atoms with E-state index in [0.717, 1.165) is 28.0 Å². The van der Waals surface area contributed by atoms with E-state index in [2.05, 4.69) is 37.3 Å². The Hall–Kier alpha value is -3.23. The van der Waals surface area contributed by atoms with Gasteiger partial charge in [0.25, 0.3) is 0 Å². The lowest BCUT2D eigenvalue weighted by Gasteiger charge is -2.31. The summed E-state index contributed by atoms with van der Waals surface area (Å²) in [5.74, 6) is 0.785. The summed E-state index contributed by atoms with van der Waals surface area (Å²) in [5, 5.41) is 9.10. The van der Waals surface area contributed by atoms with Crippen LogP contribution in [-0.4, -0.2) is 64.3 Å². The fourth-order valence-electron chi connectivity index (χ4n) is 4.38. The minimum absolute atomic E-state index is 0.124. The van der Waals surface area contributed by atoms with Crippen LogP contribution in [0.15, 0.2) is 71.6 Å². The Balaban J connectivity index is 1.42. The molecule has 37 heavy (non-hydrogen) atoms. The van der Waals surface area contributed by atoms with Crippen LogP contribution in [0.3, 0.4) is 0 Å². The zero-order chi connectivity index (χ0) is 26.3. The van der Waals surface area contributed by atoms with E-state index < -0.39 is 10.0 Å². The fraction of sp³-hybridized carbons (Fsp3) is 0.267. The molecule has 3 aromatic carbocycles. The number of piperazine rings is 1. The Morgan fingerprint density at radius 2 is 1.43 bits per heavy atom. The highest BCUT2D eigenvalue weighted by Gasteiger charge is 2.30. The highest BCUT2D eigenvalue weighted by Crippen LogP contribution is 2.24. The molecule has 4 rings (SSSR count). The molecule has 0 bridgehead atoms. The number of aliphatic hydroxyl groups excluding tert-OH is 1. The van der Waals surface area contributed by atoms with Gasteiger partial charge in [0.1, 0.15) is 12.3 Å². The van der Waals surface area contributed by atoms with Gasteiger partial charge in [0, 0.05) is 5.56 Å². The van der Waals surface area contributed by atoms with E-state index in [1.165, 1.54) is 10.5 Å². The topological polar surface area (TPSA) is 71.3 Å². The van der Waals surface area contributed by atoms with E-state index in [4.69, 9.17) is 9.84 Å². The largest absolute Gasteiger partial charge is 0.496 e. The minimum atomic E-state index is -3.52. The van der Waals surface area contributed by atoms with Crippen LogP contribution in [0.1, 0.15) is 27.8 Å². The van der Waals surface area contributed by atoms with Crippen LogP contribution in [0.2, 0.25) is 0 Å². The summed E-state index contributed by atoms with van der Waals surface area (Å²) in [5.41, 5.74) is 5.26. The summed E-state index contributed by atoms with van der Waals surface area (Å²) in [4.78, 5) is 1.54. The van der Waals surface area contributed by atoms with E-state index in [-0.39, 0.29) is 6.61 Å². The lowest BCUT2D eigenvalue weighted by Crippen LogP contribution is -3.15. The summed E-state index contributed by atoms with van der Waals surface area (Å²) in [6, 6.07) is 21.4. The first-order chi connectivity index (χ1) is 17.9. The van der Waals surface area contributed by atoms with Crippen molar-refractivity contribution in [2.75, 3.05) is 46.4 Å². The summed E-state index contributed by atoms with van der Waals surface area (Å²) in [6.07, 6.45) is 8.06. The maximum atomic E-state index is 13.0. The van der Waals surface area contributed by atoms with Gasteiger partial charge >= 0.3 is 0 Å². The molecule has 7 heteroatoms. The molecule has 0 aliphatic carbocycles. The van der Waals surface area contributed by atoms with Gasteiger partial charge < -0.3 is 14.7 Å². The van der Waals surface area contributed by atoms with Crippen molar-refractivity contribution in [3.63, 3.8) is 0 Å². The quantitative estimate of drug-likeness (QED) is 0.426. The number of benzene rings is 3. The van der Waals surface area contributed by atoms with Crippen LogP contribution in [0, 0.1) is 6.92 Å². The van der Waals surface area contributed by atoms with Gasteiger partial charge in [0.2, 0.25) is 10.0 Å². The summed E-state index contributed by atoms with van der Waals surface area (Å²) in [6.45, 7) is 5.22. The van der Waals surface area contributed by atoms with E-state index in [9.17, 15) is 8.42 Å². The first kappa shape index (κ1) is 26.8. The molecule has 0 spiro atoms. The number of aryl methyl sites for hydroxylation is 1. The van der Waals surface area contributed by atoms with Gasteiger partial charge in [-0.2, -0.15) is 4.31 Å². The highest BCUT2D eigenvalue weighted by molar-refractivity contribution is 7.89. The van der Waals surface area contributed by atoms with Crippen molar-refractivity contribution in [2.24, 2.45) is 0 Å². The Bertz CT molecular complexity index is 1340. The lowest BCUT2D eigenvalue weighted by molar-refractivity contribution is -0.904. The molecule has 0 unspecified atom stereocenters. The van der Waals surface area contributed by atoms with Gasteiger partial charge in [-0.3, -0.25) is 0 Å². The zero-order valence-corrected chi connectivity index (χ0v) is 22.2. The van der Waals surface area contributed by atoms with Crippen LogP contribution in [0.5, 0.6) is 5.75 Å². The van der Waals surface area contributed by atoms with Crippen molar-refractivity contribution in [2.45, 2.75) is 11.8 Å². The van der Waals surface area contributed by atoms with Crippen molar-refractivity contribution >= 4 is 34.3 Å². The first-order valence-electron chi connectivity index (χ1n) is 12.5. The Labute approximate surface area is 220 Å². The molecular formula is C30H35N2O4S+. The normalized spacial score (nSPS) is 15.5. The zero-order valence-electron chi connectivity index (χ0n) is 21.4. The Kier molecular flexibility index (Phi) is 8.95. The van der Waals surface area contributed by atoms with Crippen LogP contribution >= 0.6 is 0 Å². The number of nitrogens with one attached hydrogen (secondary N) is 1. The number of aliphatic hydroxyl groups is 1. The number of nitrogens with zero attached hydrogens (tertiary/aromatic N) is 1. The molecule has 6 nitrogen and oxygen atoms in total. The second-order valence-corrected chi connectivity index (χ2v) is 11.2. The number of sulfonamides is 1. The molecule has 1 aliphatic rings. The van der Waals surface area contributed by atoms with Gasteiger partial charge in [-0.1, -0.05) is 78.4 Å². The third-order valence-corrected chi connectivity index (χ3v) is 8.58. The van der Waals surface area contributed by atoms with Crippen molar-refractivity contribution in [1.29, 1.82) is 0 Å². The second kappa shape index (κ2) is 12.3. The van der Waals surface area contributed by atoms with Gasteiger partial charge in [0.15, 0.2) is 0 Å². The molecule has 0 aromatic heterocycles. The van der Waals surface area contributed by atoms with Crippen molar-refractivity contribution in [3.8, 4) is 5.75 Å². The third kappa shape index (κ3) is 6.96. The highest BCUT2D eigenvalue weighted by atomic mass is 32.2. The van der Waals surface area contributed by atoms with Crippen molar-refractivity contribution in [1.82, 2.24) is 4.31 Å². The molecule has 0 atom stereocenters. The summed E-state index contributed by atoms with van der Waals surface area (Å²) >= 11 is 0. The standard InChI is InChI=1S/C30H34N2O4S/c1-24-3-5-25(6-4-24)9-13-28-14-10-27(23-30(28)36-2)8-7-26-11-15-29(16-12-26)37(34,35)32-19-17-31(18-20-32)21-22-33/h3-16,23,33H,17-22H2,1-2H3/p+1/b8-7+,13-9+. The SMILES string of the molecule is COc1cc(/C=C/c2ccc(S(=O)(=O)N3CC[NH+](CCO)CC3)cc2)ccc1/C=C/c1ccc(C)cc1. The molecule has 0 radical (unpaired) electrons. The third-order valence-electron chi connectivity index (χ3n) is 6.67. The van der Waals surface area contributed by atoms with Crippen LogP contribution in [-0.2, 0) is 10.0 Å². The molecule has 1 heterocycles. The van der Waals surface area contributed by atoms with Gasteiger partial charge in [-0.25, -0.2) is 8.42 Å². The number of hydrogen-bond donors (Lipinski definition) is 2. The van der Waals surface area contributed by atoms with E-state index in [1.807, 2.05) is 48.6 Å². The molecular weight excluding hydrogens is 484 g/mol. The predicted octanol–water partition coefficient (Wildman–Crippen LogP) is 3.23. The van der Waals surface area contributed by atoms with E-state index in [1.54, 1.807) is 23.5 Å². The van der Waals surface area contributed by atoms with Gasteiger partial charge in [-0.05, 0) is 41.8 Å². The molecule has 2 N–H and O–H groups in total. The average molecular weight is 520 g/mol. The molecule has 1 saturated heterocycles. The fourth-order valence-corrected chi connectivity index (χ4v) is 5.82. The van der Waals surface area contributed by atoms with Crippen LogP contribution < -0.4 is 9.64 Å². The Morgan fingerprint density at radius 1 is 0.865 bits per heavy atom. The summed E-state index contributed by atoms with van der Waals surface area (Å²) < 4.78 is 33.2. The van der Waals surface area contributed by atoms with Gasteiger partial charge in [-0.15, -0.1) is 0 Å². The summed E-state index contributed by atoms with van der Waals surface area (Å²) in [7, 11) is -1.85. The number of rotatable bonds is 9. The maximum absolute atomic E-state index is 13.0. The molecule has 194 valence electrons. The number of ether oxygens (including phenoxy) is 1. The smallest absolute Gasteiger partial charge is 0.243 e. The van der Waals surface area contributed by atoms with Gasteiger partial charge in [0.05, 0.1) is 44.8 Å². The monoisotopic (exact) mass is 519 g/mol. The number of methoxy groups -OCH3 is 1. The molecule has 0 saturated carbocycles. The van der Waals surface area contributed by atoms with Crippen molar-refractivity contribution in [3.05, 3.63) is 94.5 Å². The van der Waals surface area contributed by atoms with E-state index >= 15 is 0 Å². The van der Waals surface area contributed by atoms with Crippen LogP contribution in [0.25, 0.3) is 24.3 Å². The molecule has 1 aliphatic heterocycles. The number of hydrogen-bond acceptors (Lipinski definition) is 4. The maximum Gasteiger partial charge on any atom is 0.243 e. The first-order valence-corrected chi connectivity index (χ1v) is 14.0.